The number of carbonyl (C=O) groups is 3. The number of Topliss-reactive ketones (excluding diaryl/α,β-unsaturated/α-hetero) is 1. The van der Waals surface area contributed by atoms with Gasteiger partial charge in [-0.2, -0.15) is 0 Å². The fourth-order valence-corrected chi connectivity index (χ4v) is 2.27. The van der Waals surface area contributed by atoms with Crippen molar-refractivity contribution in [2.24, 2.45) is 0 Å². The molecule has 0 radical (unpaired) electrons. The Morgan fingerprint density at radius 2 is 1.46 bits per heavy atom. The minimum atomic E-state index is -0.353. The monoisotopic (exact) mass is 354 g/mol. The summed E-state index contributed by atoms with van der Waals surface area (Å²) in [6.07, 6.45) is 0.286. The van der Waals surface area contributed by atoms with Gasteiger partial charge in [0, 0.05) is 29.9 Å². The van der Waals surface area contributed by atoms with E-state index in [0.29, 0.717) is 30.0 Å². The van der Waals surface area contributed by atoms with Crippen molar-refractivity contribution in [2.45, 2.75) is 20.3 Å². The highest BCUT2D eigenvalue weighted by molar-refractivity contribution is 5.95. The maximum absolute atomic E-state index is 12.0. The Labute approximate surface area is 152 Å². The molecule has 2 rings (SSSR count). The van der Waals surface area contributed by atoms with Crippen molar-refractivity contribution < 1.29 is 19.1 Å². The smallest absolute Gasteiger partial charge is 0.338 e. The molecule has 2 aromatic rings. The van der Waals surface area contributed by atoms with Gasteiger partial charge >= 0.3 is 5.97 Å². The van der Waals surface area contributed by atoms with Gasteiger partial charge in [0.05, 0.1) is 12.2 Å². The zero-order valence-electron chi connectivity index (χ0n) is 14.9. The summed E-state index contributed by atoms with van der Waals surface area (Å²) < 4.78 is 4.93. The molecule has 0 saturated heterocycles. The summed E-state index contributed by atoms with van der Waals surface area (Å²) in [5.41, 5.74) is 2.57. The lowest BCUT2D eigenvalue weighted by atomic mass is 10.1. The van der Waals surface area contributed by atoms with Gasteiger partial charge in [-0.25, -0.2) is 4.79 Å². The second kappa shape index (κ2) is 9.36. The molecule has 0 fully saturated rings. The van der Waals surface area contributed by atoms with Crippen LogP contribution >= 0.6 is 0 Å². The molecule has 0 aromatic heterocycles. The fourth-order valence-electron chi connectivity index (χ4n) is 2.27. The van der Waals surface area contributed by atoms with Gasteiger partial charge in [0.15, 0.2) is 5.78 Å². The van der Waals surface area contributed by atoms with Gasteiger partial charge in [0.2, 0.25) is 5.91 Å². The maximum atomic E-state index is 12.0. The average molecular weight is 354 g/mol. The van der Waals surface area contributed by atoms with Gasteiger partial charge in [0.25, 0.3) is 0 Å². The predicted octanol–water partition coefficient (Wildman–Crippen LogP) is 3.51. The highest BCUT2D eigenvalue weighted by atomic mass is 16.5. The lowest BCUT2D eigenvalue weighted by Gasteiger charge is -2.08. The van der Waals surface area contributed by atoms with E-state index in [1.807, 2.05) is 0 Å². The average Bonchev–Trinajstić information content (AvgIpc) is 2.63. The Morgan fingerprint density at radius 1 is 0.885 bits per heavy atom. The van der Waals surface area contributed by atoms with Crippen LogP contribution in [0.5, 0.6) is 0 Å². The topological polar surface area (TPSA) is 84.5 Å². The Hall–Kier alpha value is -3.15. The predicted molar refractivity (Wildman–Crippen MR) is 101 cm³/mol. The molecule has 0 saturated carbocycles. The maximum Gasteiger partial charge on any atom is 0.338 e. The summed E-state index contributed by atoms with van der Waals surface area (Å²) in [7, 11) is 0. The fraction of sp³-hybridized carbons (Fsp3) is 0.250. The van der Waals surface area contributed by atoms with Crippen molar-refractivity contribution >= 4 is 29.0 Å². The van der Waals surface area contributed by atoms with Crippen LogP contribution in [0, 0.1) is 0 Å². The SMILES string of the molecule is CCOC(=O)c1ccc(NCCC(=O)Nc2ccc(C(C)=O)cc2)cc1. The number of esters is 1. The van der Waals surface area contributed by atoms with Gasteiger partial charge in [-0.05, 0) is 62.4 Å². The van der Waals surface area contributed by atoms with Crippen molar-refractivity contribution in [3.8, 4) is 0 Å². The van der Waals surface area contributed by atoms with Crippen molar-refractivity contribution in [3.05, 3.63) is 59.7 Å². The van der Waals surface area contributed by atoms with Gasteiger partial charge < -0.3 is 15.4 Å². The third kappa shape index (κ3) is 5.73. The van der Waals surface area contributed by atoms with Crippen LogP contribution in [0.4, 0.5) is 11.4 Å². The highest BCUT2D eigenvalue weighted by Crippen LogP contribution is 2.12. The molecule has 0 unspecified atom stereocenters. The largest absolute Gasteiger partial charge is 0.462 e. The lowest BCUT2D eigenvalue weighted by Crippen LogP contribution is -2.16. The number of hydrogen-bond donors (Lipinski definition) is 2. The molecule has 2 N–H and O–H groups in total. The number of ether oxygens (including phenoxy) is 1. The molecule has 2 aromatic carbocycles. The summed E-state index contributed by atoms with van der Waals surface area (Å²) in [5, 5.41) is 5.91. The molecule has 6 heteroatoms. The van der Waals surface area contributed by atoms with E-state index in [2.05, 4.69) is 10.6 Å². The van der Waals surface area contributed by atoms with Crippen molar-refractivity contribution in [1.82, 2.24) is 0 Å². The first-order valence-electron chi connectivity index (χ1n) is 8.41. The van der Waals surface area contributed by atoms with Crippen molar-refractivity contribution in [1.29, 1.82) is 0 Å². The molecule has 0 spiro atoms. The normalized spacial score (nSPS) is 10.1. The van der Waals surface area contributed by atoms with Crippen molar-refractivity contribution in [3.63, 3.8) is 0 Å². The zero-order chi connectivity index (χ0) is 18.9. The number of rotatable bonds is 8. The van der Waals surface area contributed by atoms with E-state index in [4.69, 9.17) is 4.74 Å². The summed E-state index contributed by atoms with van der Waals surface area (Å²) in [6, 6.07) is 13.7. The molecule has 0 heterocycles. The molecule has 0 aliphatic carbocycles. The second-order valence-corrected chi connectivity index (χ2v) is 5.66. The third-order valence-electron chi connectivity index (χ3n) is 3.65. The molecule has 136 valence electrons. The summed E-state index contributed by atoms with van der Waals surface area (Å²) in [5.74, 6) is -0.494. The number of nitrogens with one attached hydrogen (secondary N) is 2. The van der Waals surface area contributed by atoms with Crippen LogP contribution in [-0.4, -0.2) is 30.8 Å². The molecule has 1 amide bonds. The van der Waals surface area contributed by atoms with E-state index >= 15 is 0 Å². The Balaban J connectivity index is 1.77. The Morgan fingerprint density at radius 3 is 2.04 bits per heavy atom. The molecule has 0 aliphatic rings. The second-order valence-electron chi connectivity index (χ2n) is 5.66. The minimum Gasteiger partial charge on any atom is -0.462 e. The summed E-state index contributed by atoms with van der Waals surface area (Å²) in [4.78, 5) is 34.8. The molecule has 0 atom stereocenters. The molecular weight excluding hydrogens is 332 g/mol. The lowest BCUT2D eigenvalue weighted by molar-refractivity contribution is -0.115. The number of hydrogen-bond acceptors (Lipinski definition) is 5. The first-order chi connectivity index (χ1) is 12.5. The van der Waals surface area contributed by atoms with Crippen LogP contribution in [0.25, 0.3) is 0 Å². The highest BCUT2D eigenvalue weighted by Gasteiger charge is 2.06. The molecule has 26 heavy (non-hydrogen) atoms. The summed E-state index contributed by atoms with van der Waals surface area (Å²) in [6.45, 7) is 4.05. The van der Waals surface area contributed by atoms with Gasteiger partial charge in [0.1, 0.15) is 0 Å². The van der Waals surface area contributed by atoms with E-state index in [1.165, 1.54) is 6.92 Å². The first-order valence-corrected chi connectivity index (χ1v) is 8.41. The first kappa shape index (κ1) is 19.2. The third-order valence-corrected chi connectivity index (χ3v) is 3.65. The van der Waals surface area contributed by atoms with Crippen LogP contribution in [0.1, 0.15) is 41.0 Å². The Bertz CT molecular complexity index is 767. The number of anilines is 2. The van der Waals surface area contributed by atoms with E-state index < -0.39 is 0 Å². The van der Waals surface area contributed by atoms with Crippen molar-refractivity contribution in [2.75, 3.05) is 23.8 Å². The van der Waals surface area contributed by atoms with Gasteiger partial charge in [-0.1, -0.05) is 0 Å². The molecule has 0 bridgehead atoms. The van der Waals surface area contributed by atoms with E-state index in [-0.39, 0.29) is 24.1 Å². The zero-order valence-corrected chi connectivity index (χ0v) is 14.9. The number of benzene rings is 2. The molecular formula is C20H22N2O4. The van der Waals surface area contributed by atoms with E-state index in [1.54, 1.807) is 55.5 Å². The number of carbonyl (C=O) groups excluding carboxylic acids is 3. The number of ketones is 1. The summed E-state index contributed by atoms with van der Waals surface area (Å²) >= 11 is 0. The van der Waals surface area contributed by atoms with Crippen LogP contribution in [-0.2, 0) is 9.53 Å². The van der Waals surface area contributed by atoms with Gasteiger partial charge in [-0.3, -0.25) is 9.59 Å². The number of amides is 1. The van der Waals surface area contributed by atoms with Crippen LogP contribution in [0.2, 0.25) is 0 Å². The molecule has 6 nitrogen and oxygen atoms in total. The Kier molecular flexibility index (Phi) is 6.91. The van der Waals surface area contributed by atoms with Gasteiger partial charge in [-0.15, -0.1) is 0 Å². The standard InChI is InChI=1S/C20H22N2O4/c1-3-26-20(25)16-6-8-17(9-7-16)21-13-12-19(24)22-18-10-4-15(5-11-18)14(2)23/h4-11,21H,3,12-13H2,1-2H3,(H,22,24). The van der Waals surface area contributed by atoms with Crippen LogP contribution < -0.4 is 10.6 Å². The van der Waals surface area contributed by atoms with E-state index in [0.717, 1.165) is 5.69 Å². The van der Waals surface area contributed by atoms with Crippen LogP contribution in [0.3, 0.4) is 0 Å². The van der Waals surface area contributed by atoms with E-state index in [9.17, 15) is 14.4 Å². The van der Waals surface area contributed by atoms with Crippen LogP contribution in [0.15, 0.2) is 48.5 Å². The molecule has 0 aliphatic heterocycles. The minimum absolute atomic E-state index is 0.0129. The quantitative estimate of drug-likeness (QED) is 0.560.